The molecule has 0 amide bonds. The molecule has 0 aliphatic carbocycles. The molecule has 3 heteroatoms. The lowest BCUT2D eigenvalue weighted by molar-refractivity contribution is 0.0529. The van der Waals surface area contributed by atoms with Gasteiger partial charge in [0.25, 0.3) is 0 Å². The zero-order valence-corrected chi connectivity index (χ0v) is 9.41. The fourth-order valence-electron chi connectivity index (χ4n) is 1.91. The van der Waals surface area contributed by atoms with Crippen LogP contribution in [0.5, 0.6) is 5.75 Å². The van der Waals surface area contributed by atoms with Gasteiger partial charge in [-0.2, -0.15) is 0 Å². The maximum Gasteiger partial charge on any atom is 0.121 e. The number of ether oxygens (including phenoxy) is 2. The van der Waals surface area contributed by atoms with Gasteiger partial charge in [-0.05, 0) is 37.1 Å². The second-order valence-electron chi connectivity index (χ2n) is 3.90. The molecule has 1 aliphatic rings. The van der Waals surface area contributed by atoms with Crippen molar-refractivity contribution in [2.75, 3.05) is 13.7 Å². The predicted octanol–water partition coefficient (Wildman–Crippen LogP) is 2.01. The Balaban J connectivity index is 2.19. The number of rotatable bonds is 2. The summed E-state index contributed by atoms with van der Waals surface area (Å²) in [6.45, 7) is 4.96. The minimum Gasteiger partial charge on any atom is -0.496 e. The SMILES string of the molecule is COc1ccc(C2CNC(C)O2)cc1C. The van der Waals surface area contributed by atoms with Crippen LogP contribution < -0.4 is 10.1 Å². The van der Waals surface area contributed by atoms with Crippen molar-refractivity contribution in [3.8, 4) is 5.75 Å². The molecule has 1 aromatic rings. The normalized spacial score (nSPS) is 25.5. The van der Waals surface area contributed by atoms with Crippen LogP contribution >= 0.6 is 0 Å². The highest BCUT2D eigenvalue weighted by Crippen LogP contribution is 2.27. The average molecular weight is 207 g/mol. The molecule has 82 valence electrons. The van der Waals surface area contributed by atoms with Crippen molar-refractivity contribution in [1.29, 1.82) is 0 Å². The van der Waals surface area contributed by atoms with Crippen molar-refractivity contribution >= 4 is 0 Å². The molecule has 3 nitrogen and oxygen atoms in total. The summed E-state index contributed by atoms with van der Waals surface area (Å²) in [5.41, 5.74) is 2.36. The Morgan fingerprint density at radius 2 is 2.27 bits per heavy atom. The highest BCUT2D eigenvalue weighted by molar-refractivity contribution is 5.37. The van der Waals surface area contributed by atoms with E-state index in [2.05, 4.69) is 17.4 Å². The standard InChI is InChI=1S/C12H17NO2/c1-8-6-10(4-5-11(8)14-3)12-7-13-9(2)15-12/h4-6,9,12-13H,7H2,1-3H3. The third-order valence-electron chi connectivity index (χ3n) is 2.75. The van der Waals surface area contributed by atoms with Gasteiger partial charge >= 0.3 is 0 Å². The Labute approximate surface area is 90.4 Å². The number of aryl methyl sites for hydroxylation is 1. The fourth-order valence-corrected chi connectivity index (χ4v) is 1.91. The first-order valence-electron chi connectivity index (χ1n) is 5.24. The quantitative estimate of drug-likeness (QED) is 0.804. The van der Waals surface area contributed by atoms with Gasteiger partial charge in [0, 0.05) is 6.54 Å². The van der Waals surface area contributed by atoms with Crippen LogP contribution in [-0.4, -0.2) is 19.9 Å². The molecular weight excluding hydrogens is 190 g/mol. The van der Waals surface area contributed by atoms with Gasteiger partial charge in [0.2, 0.25) is 0 Å². The number of hydrogen-bond donors (Lipinski definition) is 1. The Hall–Kier alpha value is -1.06. The average Bonchev–Trinajstić information content (AvgIpc) is 2.65. The minimum absolute atomic E-state index is 0.150. The van der Waals surface area contributed by atoms with E-state index in [0.717, 1.165) is 17.9 Å². The summed E-state index contributed by atoms with van der Waals surface area (Å²) in [6.07, 6.45) is 0.321. The van der Waals surface area contributed by atoms with E-state index in [-0.39, 0.29) is 12.3 Å². The summed E-state index contributed by atoms with van der Waals surface area (Å²) in [5, 5.41) is 3.26. The number of benzene rings is 1. The molecule has 1 heterocycles. The number of methoxy groups -OCH3 is 1. The molecule has 1 fully saturated rings. The zero-order chi connectivity index (χ0) is 10.8. The van der Waals surface area contributed by atoms with Crippen molar-refractivity contribution in [3.05, 3.63) is 29.3 Å². The maximum absolute atomic E-state index is 5.72. The van der Waals surface area contributed by atoms with Crippen LogP contribution in [0.25, 0.3) is 0 Å². The van der Waals surface area contributed by atoms with Gasteiger partial charge in [-0.25, -0.2) is 0 Å². The number of hydrogen-bond acceptors (Lipinski definition) is 3. The summed E-state index contributed by atoms with van der Waals surface area (Å²) in [6, 6.07) is 6.19. The van der Waals surface area contributed by atoms with Gasteiger partial charge in [-0.15, -0.1) is 0 Å². The van der Waals surface area contributed by atoms with Crippen molar-refractivity contribution in [2.24, 2.45) is 0 Å². The lowest BCUT2D eigenvalue weighted by Gasteiger charge is -2.12. The van der Waals surface area contributed by atoms with Crippen molar-refractivity contribution < 1.29 is 9.47 Å². The molecule has 2 rings (SSSR count). The molecule has 0 radical (unpaired) electrons. The minimum atomic E-state index is 0.150. The van der Waals surface area contributed by atoms with Crippen LogP contribution in [0.15, 0.2) is 18.2 Å². The highest BCUT2D eigenvalue weighted by atomic mass is 16.5. The Bertz CT molecular complexity index is 351. The Morgan fingerprint density at radius 3 is 2.80 bits per heavy atom. The molecule has 2 atom stereocenters. The molecule has 0 spiro atoms. The molecule has 0 aromatic heterocycles. The Morgan fingerprint density at radius 1 is 1.47 bits per heavy atom. The molecule has 2 unspecified atom stereocenters. The second-order valence-corrected chi connectivity index (χ2v) is 3.90. The van der Waals surface area contributed by atoms with Crippen LogP contribution in [0.3, 0.4) is 0 Å². The molecule has 1 saturated heterocycles. The van der Waals surface area contributed by atoms with Gasteiger partial charge in [-0.3, -0.25) is 5.32 Å². The largest absolute Gasteiger partial charge is 0.496 e. The van der Waals surface area contributed by atoms with Gasteiger partial charge < -0.3 is 9.47 Å². The smallest absolute Gasteiger partial charge is 0.121 e. The lowest BCUT2D eigenvalue weighted by atomic mass is 10.1. The van der Waals surface area contributed by atoms with E-state index in [0.29, 0.717) is 0 Å². The van der Waals surface area contributed by atoms with E-state index < -0.39 is 0 Å². The monoisotopic (exact) mass is 207 g/mol. The van der Waals surface area contributed by atoms with Crippen LogP contribution in [-0.2, 0) is 4.74 Å². The molecule has 1 N–H and O–H groups in total. The molecule has 0 bridgehead atoms. The van der Waals surface area contributed by atoms with Gasteiger partial charge in [0.05, 0.1) is 13.2 Å². The lowest BCUT2D eigenvalue weighted by Crippen LogP contribution is -2.17. The summed E-state index contributed by atoms with van der Waals surface area (Å²) in [7, 11) is 1.69. The van der Waals surface area contributed by atoms with E-state index in [1.807, 2.05) is 19.9 Å². The van der Waals surface area contributed by atoms with Gasteiger partial charge in [0.1, 0.15) is 12.0 Å². The van der Waals surface area contributed by atoms with Crippen LogP contribution in [0.1, 0.15) is 24.2 Å². The zero-order valence-electron chi connectivity index (χ0n) is 9.41. The fraction of sp³-hybridized carbons (Fsp3) is 0.500. The van der Waals surface area contributed by atoms with Crippen LogP contribution in [0, 0.1) is 6.92 Å². The van der Waals surface area contributed by atoms with Gasteiger partial charge in [0.15, 0.2) is 0 Å². The molecule has 0 saturated carbocycles. The summed E-state index contributed by atoms with van der Waals surface area (Å²) < 4.78 is 11.0. The van der Waals surface area contributed by atoms with Crippen LogP contribution in [0.4, 0.5) is 0 Å². The molecule has 15 heavy (non-hydrogen) atoms. The van der Waals surface area contributed by atoms with Crippen molar-refractivity contribution in [1.82, 2.24) is 5.32 Å². The molecule has 1 aliphatic heterocycles. The van der Waals surface area contributed by atoms with E-state index >= 15 is 0 Å². The van der Waals surface area contributed by atoms with E-state index in [1.54, 1.807) is 7.11 Å². The third-order valence-corrected chi connectivity index (χ3v) is 2.75. The number of nitrogens with one attached hydrogen (secondary N) is 1. The van der Waals surface area contributed by atoms with Crippen molar-refractivity contribution in [2.45, 2.75) is 26.2 Å². The van der Waals surface area contributed by atoms with E-state index in [9.17, 15) is 0 Å². The predicted molar refractivity (Wildman–Crippen MR) is 59.0 cm³/mol. The van der Waals surface area contributed by atoms with Gasteiger partial charge in [-0.1, -0.05) is 6.07 Å². The first-order valence-corrected chi connectivity index (χ1v) is 5.24. The third kappa shape index (κ3) is 2.13. The summed E-state index contributed by atoms with van der Waals surface area (Å²) >= 11 is 0. The topological polar surface area (TPSA) is 30.5 Å². The highest BCUT2D eigenvalue weighted by Gasteiger charge is 2.22. The second kappa shape index (κ2) is 4.21. The summed E-state index contributed by atoms with van der Waals surface area (Å²) in [5.74, 6) is 0.928. The summed E-state index contributed by atoms with van der Waals surface area (Å²) in [4.78, 5) is 0. The van der Waals surface area contributed by atoms with Crippen LogP contribution in [0.2, 0.25) is 0 Å². The first-order chi connectivity index (χ1) is 7.20. The maximum atomic E-state index is 5.72. The van der Waals surface area contributed by atoms with E-state index in [1.165, 1.54) is 5.56 Å². The molecule has 1 aromatic carbocycles. The van der Waals surface area contributed by atoms with Crippen molar-refractivity contribution in [3.63, 3.8) is 0 Å². The van der Waals surface area contributed by atoms with E-state index in [4.69, 9.17) is 9.47 Å². The Kier molecular flexibility index (Phi) is 2.93. The molecular formula is C12H17NO2. The first kappa shape index (κ1) is 10.5.